The van der Waals surface area contributed by atoms with Crippen LogP contribution in [-0.2, 0) is 4.79 Å². The van der Waals surface area contributed by atoms with Crippen LogP contribution in [0.15, 0.2) is 12.4 Å². The number of nitrogens with zero attached hydrogens (tertiary/aromatic N) is 2. The van der Waals surface area contributed by atoms with Crippen LogP contribution in [0.5, 0.6) is 0 Å². The van der Waals surface area contributed by atoms with Crippen molar-refractivity contribution >= 4 is 23.5 Å². The first-order valence-electron chi connectivity index (χ1n) is 5.95. The first kappa shape index (κ1) is 13.7. The number of halogens is 1. The van der Waals surface area contributed by atoms with Crippen LogP contribution in [0.3, 0.4) is 0 Å². The lowest BCUT2D eigenvalue weighted by Crippen LogP contribution is -2.47. The molecule has 1 aromatic rings. The Labute approximate surface area is 115 Å². The van der Waals surface area contributed by atoms with Crippen molar-refractivity contribution in [2.75, 3.05) is 0 Å². The van der Waals surface area contributed by atoms with E-state index in [-0.39, 0.29) is 10.8 Å². The number of hydrogen-bond donors (Lipinski definition) is 2. The number of carbonyl (C=O) groups excluding carboxylic acids is 1. The molecular formula is C12H14ClN3O3. The SMILES string of the molecule is CC1(C(=O)O)CCCC1NC(=O)c1cncc(Cl)n1. The predicted octanol–water partition coefficient (Wildman–Crippen LogP) is 1.50. The van der Waals surface area contributed by atoms with E-state index < -0.39 is 23.3 Å². The number of carbonyl (C=O) groups is 2. The molecule has 2 N–H and O–H groups in total. The van der Waals surface area contributed by atoms with E-state index in [1.165, 1.54) is 12.4 Å². The highest BCUT2D eigenvalue weighted by atomic mass is 35.5. The maximum Gasteiger partial charge on any atom is 0.311 e. The van der Waals surface area contributed by atoms with E-state index in [1.807, 2.05) is 0 Å². The first-order chi connectivity index (χ1) is 8.93. The van der Waals surface area contributed by atoms with Gasteiger partial charge in [0.1, 0.15) is 10.8 Å². The largest absolute Gasteiger partial charge is 0.481 e. The molecule has 2 rings (SSSR count). The fourth-order valence-corrected chi connectivity index (χ4v) is 2.48. The molecule has 0 aliphatic heterocycles. The lowest BCUT2D eigenvalue weighted by Gasteiger charge is -2.27. The van der Waals surface area contributed by atoms with E-state index in [4.69, 9.17) is 11.6 Å². The van der Waals surface area contributed by atoms with Crippen molar-refractivity contribution in [2.24, 2.45) is 5.41 Å². The van der Waals surface area contributed by atoms with E-state index in [1.54, 1.807) is 6.92 Å². The van der Waals surface area contributed by atoms with Gasteiger partial charge >= 0.3 is 5.97 Å². The van der Waals surface area contributed by atoms with Gasteiger partial charge in [0, 0.05) is 6.04 Å². The third-order valence-corrected chi connectivity index (χ3v) is 3.77. The standard InChI is InChI=1S/C12H14ClN3O3/c1-12(11(18)19)4-2-3-8(12)16-10(17)7-5-14-6-9(13)15-7/h5-6,8H,2-4H2,1H3,(H,16,17)(H,18,19). The molecule has 1 fully saturated rings. The molecule has 6 nitrogen and oxygen atoms in total. The molecule has 0 aromatic carbocycles. The van der Waals surface area contributed by atoms with E-state index in [2.05, 4.69) is 15.3 Å². The van der Waals surface area contributed by atoms with Crippen LogP contribution in [0.25, 0.3) is 0 Å². The number of carboxylic acid groups (broad SMARTS) is 1. The molecule has 102 valence electrons. The normalized spacial score (nSPS) is 26.1. The summed E-state index contributed by atoms with van der Waals surface area (Å²) in [7, 11) is 0. The van der Waals surface area contributed by atoms with E-state index in [0.29, 0.717) is 12.8 Å². The summed E-state index contributed by atoms with van der Waals surface area (Å²) in [4.78, 5) is 30.9. The number of amides is 1. The minimum absolute atomic E-state index is 0.0899. The summed E-state index contributed by atoms with van der Waals surface area (Å²) in [6.07, 6.45) is 4.59. The molecule has 0 spiro atoms. The molecule has 1 amide bonds. The van der Waals surface area contributed by atoms with Crippen LogP contribution in [0.4, 0.5) is 0 Å². The van der Waals surface area contributed by atoms with E-state index >= 15 is 0 Å². The highest BCUT2D eigenvalue weighted by molar-refractivity contribution is 6.29. The van der Waals surface area contributed by atoms with Crippen molar-refractivity contribution in [1.29, 1.82) is 0 Å². The third kappa shape index (κ3) is 2.68. The summed E-state index contributed by atoms with van der Waals surface area (Å²) >= 11 is 5.66. The summed E-state index contributed by atoms with van der Waals surface area (Å²) in [5.41, 5.74) is -0.839. The fourth-order valence-electron chi connectivity index (χ4n) is 2.34. The van der Waals surface area contributed by atoms with Gasteiger partial charge in [0.25, 0.3) is 5.91 Å². The lowest BCUT2D eigenvalue weighted by atomic mass is 9.85. The maximum absolute atomic E-state index is 12.0. The van der Waals surface area contributed by atoms with Crippen molar-refractivity contribution in [3.8, 4) is 0 Å². The Morgan fingerprint density at radius 2 is 2.26 bits per heavy atom. The molecule has 0 saturated heterocycles. The van der Waals surface area contributed by atoms with Gasteiger partial charge in [0.2, 0.25) is 0 Å². The summed E-state index contributed by atoms with van der Waals surface area (Å²) in [5.74, 6) is -1.35. The first-order valence-corrected chi connectivity index (χ1v) is 6.33. The minimum atomic E-state index is -0.929. The summed E-state index contributed by atoms with van der Waals surface area (Å²) in [6, 6.07) is -0.404. The van der Waals surface area contributed by atoms with Crippen LogP contribution in [-0.4, -0.2) is 33.0 Å². The Hall–Kier alpha value is -1.69. The zero-order valence-corrected chi connectivity index (χ0v) is 11.1. The quantitative estimate of drug-likeness (QED) is 0.877. The molecule has 2 atom stereocenters. The highest BCUT2D eigenvalue weighted by Crippen LogP contribution is 2.38. The Morgan fingerprint density at radius 1 is 1.53 bits per heavy atom. The third-order valence-electron chi connectivity index (χ3n) is 3.59. The van der Waals surface area contributed by atoms with Gasteiger partial charge < -0.3 is 10.4 Å². The van der Waals surface area contributed by atoms with Crippen molar-refractivity contribution in [2.45, 2.75) is 32.2 Å². The summed E-state index contributed by atoms with van der Waals surface area (Å²) in [6.45, 7) is 1.65. The van der Waals surface area contributed by atoms with Gasteiger partial charge in [-0.2, -0.15) is 0 Å². The molecule has 19 heavy (non-hydrogen) atoms. The van der Waals surface area contributed by atoms with Crippen molar-refractivity contribution in [3.05, 3.63) is 23.2 Å². The molecular weight excluding hydrogens is 270 g/mol. The molecule has 1 aliphatic rings. The molecule has 1 aliphatic carbocycles. The Morgan fingerprint density at radius 3 is 2.89 bits per heavy atom. The fraction of sp³-hybridized carbons (Fsp3) is 0.500. The summed E-state index contributed by atoms with van der Waals surface area (Å²) < 4.78 is 0. The van der Waals surface area contributed by atoms with Gasteiger partial charge in [-0.3, -0.25) is 14.6 Å². The molecule has 1 heterocycles. The van der Waals surface area contributed by atoms with Crippen LogP contribution >= 0.6 is 11.6 Å². The smallest absolute Gasteiger partial charge is 0.311 e. The van der Waals surface area contributed by atoms with E-state index in [9.17, 15) is 14.7 Å². The molecule has 0 radical (unpaired) electrons. The molecule has 0 bridgehead atoms. The predicted molar refractivity (Wildman–Crippen MR) is 67.9 cm³/mol. The van der Waals surface area contributed by atoms with Crippen LogP contribution in [0.2, 0.25) is 5.15 Å². The Bertz CT molecular complexity index is 523. The Kier molecular flexibility index (Phi) is 3.71. The van der Waals surface area contributed by atoms with Crippen LogP contribution < -0.4 is 5.32 Å². The number of hydrogen-bond acceptors (Lipinski definition) is 4. The van der Waals surface area contributed by atoms with Gasteiger partial charge in [-0.25, -0.2) is 4.98 Å². The second kappa shape index (κ2) is 5.13. The number of rotatable bonds is 3. The van der Waals surface area contributed by atoms with Gasteiger partial charge in [-0.1, -0.05) is 18.0 Å². The maximum atomic E-state index is 12.0. The molecule has 7 heteroatoms. The van der Waals surface area contributed by atoms with Gasteiger partial charge in [0.15, 0.2) is 0 Å². The topological polar surface area (TPSA) is 92.2 Å². The number of aliphatic carboxylic acids is 1. The average molecular weight is 284 g/mol. The monoisotopic (exact) mass is 283 g/mol. The number of carboxylic acids is 1. The lowest BCUT2D eigenvalue weighted by molar-refractivity contribution is -0.148. The van der Waals surface area contributed by atoms with Gasteiger partial charge in [-0.05, 0) is 19.8 Å². The van der Waals surface area contributed by atoms with Crippen molar-refractivity contribution in [1.82, 2.24) is 15.3 Å². The number of nitrogens with one attached hydrogen (secondary N) is 1. The zero-order chi connectivity index (χ0) is 14.0. The Balaban J connectivity index is 2.13. The van der Waals surface area contributed by atoms with Crippen molar-refractivity contribution in [3.63, 3.8) is 0 Å². The van der Waals surface area contributed by atoms with Crippen LogP contribution in [0, 0.1) is 5.41 Å². The van der Waals surface area contributed by atoms with Gasteiger partial charge in [0.05, 0.1) is 17.8 Å². The van der Waals surface area contributed by atoms with E-state index in [0.717, 1.165) is 6.42 Å². The zero-order valence-electron chi connectivity index (χ0n) is 10.4. The second-order valence-corrected chi connectivity index (χ2v) is 5.26. The number of aromatic nitrogens is 2. The minimum Gasteiger partial charge on any atom is -0.481 e. The van der Waals surface area contributed by atoms with Crippen LogP contribution in [0.1, 0.15) is 36.7 Å². The second-order valence-electron chi connectivity index (χ2n) is 4.87. The average Bonchev–Trinajstić information content (AvgIpc) is 2.72. The molecule has 1 saturated carbocycles. The molecule has 2 unspecified atom stereocenters. The van der Waals surface area contributed by atoms with Gasteiger partial charge in [-0.15, -0.1) is 0 Å². The van der Waals surface area contributed by atoms with Crippen molar-refractivity contribution < 1.29 is 14.7 Å². The highest BCUT2D eigenvalue weighted by Gasteiger charge is 2.46. The molecule has 1 aromatic heterocycles. The summed E-state index contributed by atoms with van der Waals surface area (Å²) in [5, 5.41) is 12.1.